The maximum atomic E-state index is 5.43. The summed E-state index contributed by atoms with van der Waals surface area (Å²) in [5.74, 6) is 1.51. The monoisotopic (exact) mass is 194 g/mol. The van der Waals surface area contributed by atoms with Crippen LogP contribution in [0.4, 0.5) is 5.82 Å². The summed E-state index contributed by atoms with van der Waals surface area (Å²) in [6.07, 6.45) is 1.78. The van der Waals surface area contributed by atoms with Crippen LogP contribution in [0, 0.1) is 5.92 Å². The zero-order valence-electron chi connectivity index (χ0n) is 8.86. The molecule has 1 heterocycles. The summed E-state index contributed by atoms with van der Waals surface area (Å²) in [4.78, 5) is 4.14. The zero-order chi connectivity index (χ0) is 10.2. The third kappa shape index (κ3) is 4.82. The van der Waals surface area contributed by atoms with E-state index in [2.05, 4.69) is 24.1 Å². The van der Waals surface area contributed by atoms with Gasteiger partial charge in [0.25, 0.3) is 0 Å². The van der Waals surface area contributed by atoms with E-state index in [4.69, 9.17) is 4.74 Å². The number of hydrogen-bond donors (Lipinski definition) is 1. The Balaban J connectivity index is 2.05. The highest BCUT2D eigenvalue weighted by atomic mass is 16.5. The lowest BCUT2D eigenvalue weighted by Crippen LogP contribution is -2.12. The molecule has 0 unspecified atom stereocenters. The minimum Gasteiger partial charge on any atom is -0.379 e. The third-order valence-electron chi connectivity index (χ3n) is 1.67. The molecule has 0 saturated carbocycles. The molecule has 1 aromatic heterocycles. The van der Waals surface area contributed by atoms with E-state index in [0.717, 1.165) is 25.6 Å². The van der Waals surface area contributed by atoms with Crippen LogP contribution in [0.3, 0.4) is 0 Å². The standard InChI is InChI=1S/C11H18N2O/c1-10(2)9-14-8-7-13-11-5-3-4-6-12-11/h3-6,10H,7-9H2,1-2H3,(H,12,13). The van der Waals surface area contributed by atoms with Gasteiger partial charge in [0.15, 0.2) is 0 Å². The number of ether oxygens (including phenoxy) is 1. The molecular formula is C11H18N2O. The molecule has 0 radical (unpaired) electrons. The molecule has 0 spiro atoms. The summed E-state index contributed by atoms with van der Waals surface area (Å²) in [7, 11) is 0. The molecule has 0 aliphatic carbocycles. The van der Waals surface area contributed by atoms with Crippen molar-refractivity contribution in [1.29, 1.82) is 0 Å². The van der Waals surface area contributed by atoms with Crippen molar-refractivity contribution in [3.63, 3.8) is 0 Å². The number of aromatic nitrogens is 1. The first-order chi connectivity index (χ1) is 6.79. The minimum atomic E-state index is 0.602. The highest BCUT2D eigenvalue weighted by Gasteiger charge is 1.94. The van der Waals surface area contributed by atoms with Crippen LogP contribution >= 0.6 is 0 Å². The minimum absolute atomic E-state index is 0.602. The van der Waals surface area contributed by atoms with Crippen molar-refractivity contribution in [1.82, 2.24) is 4.98 Å². The van der Waals surface area contributed by atoms with Crippen LogP contribution in [0.25, 0.3) is 0 Å². The van der Waals surface area contributed by atoms with Gasteiger partial charge in [-0.1, -0.05) is 19.9 Å². The second kappa shape index (κ2) is 6.38. The lowest BCUT2D eigenvalue weighted by atomic mass is 10.2. The Hall–Kier alpha value is -1.09. The largest absolute Gasteiger partial charge is 0.379 e. The first kappa shape index (κ1) is 11.0. The van der Waals surface area contributed by atoms with Crippen molar-refractivity contribution in [3.8, 4) is 0 Å². The Morgan fingerprint density at radius 1 is 1.43 bits per heavy atom. The Morgan fingerprint density at radius 2 is 2.29 bits per heavy atom. The third-order valence-corrected chi connectivity index (χ3v) is 1.67. The van der Waals surface area contributed by atoms with E-state index in [1.807, 2.05) is 18.2 Å². The smallest absolute Gasteiger partial charge is 0.125 e. The molecule has 0 aliphatic rings. The highest BCUT2D eigenvalue weighted by Crippen LogP contribution is 1.98. The van der Waals surface area contributed by atoms with Gasteiger partial charge in [-0.2, -0.15) is 0 Å². The van der Waals surface area contributed by atoms with Crippen molar-refractivity contribution in [2.45, 2.75) is 13.8 Å². The number of hydrogen-bond acceptors (Lipinski definition) is 3. The van der Waals surface area contributed by atoms with Crippen molar-refractivity contribution in [2.75, 3.05) is 25.1 Å². The van der Waals surface area contributed by atoms with Crippen molar-refractivity contribution < 1.29 is 4.74 Å². The normalized spacial score (nSPS) is 10.5. The molecule has 0 atom stereocenters. The lowest BCUT2D eigenvalue weighted by Gasteiger charge is -2.07. The van der Waals surface area contributed by atoms with Gasteiger partial charge in [-0.05, 0) is 18.1 Å². The maximum absolute atomic E-state index is 5.43. The van der Waals surface area contributed by atoms with E-state index >= 15 is 0 Å². The van der Waals surface area contributed by atoms with Gasteiger partial charge in [-0.15, -0.1) is 0 Å². The molecule has 1 N–H and O–H groups in total. The SMILES string of the molecule is CC(C)COCCNc1ccccn1. The summed E-state index contributed by atoms with van der Waals surface area (Å²) >= 11 is 0. The average molecular weight is 194 g/mol. The van der Waals surface area contributed by atoms with Crippen LogP contribution in [0.5, 0.6) is 0 Å². The second-order valence-electron chi connectivity index (χ2n) is 3.61. The number of rotatable bonds is 6. The van der Waals surface area contributed by atoms with Gasteiger partial charge in [-0.3, -0.25) is 0 Å². The summed E-state index contributed by atoms with van der Waals surface area (Å²) in [6.45, 7) is 6.65. The van der Waals surface area contributed by atoms with Crippen LogP contribution in [-0.2, 0) is 4.74 Å². The fourth-order valence-corrected chi connectivity index (χ4v) is 1.04. The molecule has 0 aliphatic heterocycles. The molecule has 0 saturated heterocycles. The fraction of sp³-hybridized carbons (Fsp3) is 0.545. The van der Waals surface area contributed by atoms with Crippen LogP contribution in [-0.4, -0.2) is 24.7 Å². The lowest BCUT2D eigenvalue weighted by molar-refractivity contribution is 0.118. The second-order valence-corrected chi connectivity index (χ2v) is 3.61. The van der Waals surface area contributed by atoms with E-state index in [0.29, 0.717) is 5.92 Å². The summed E-state index contributed by atoms with van der Waals surface area (Å²) in [6, 6.07) is 5.81. The summed E-state index contributed by atoms with van der Waals surface area (Å²) in [5.41, 5.74) is 0. The molecule has 1 rings (SSSR count). The van der Waals surface area contributed by atoms with Crippen LogP contribution in [0.2, 0.25) is 0 Å². The number of nitrogens with one attached hydrogen (secondary N) is 1. The molecule has 0 fully saturated rings. The molecular weight excluding hydrogens is 176 g/mol. The van der Waals surface area contributed by atoms with E-state index in [-0.39, 0.29) is 0 Å². The van der Waals surface area contributed by atoms with Crippen molar-refractivity contribution in [2.24, 2.45) is 5.92 Å². The number of pyridine rings is 1. The van der Waals surface area contributed by atoms with Crippen LogP contribution in [0.1, 0.15) is 13.8 Å². The quantitative estimate of drug-likeness (QED) is 0.705. The topological polar surface area (TPSA) is 34.1 Å². The van der Waals surface area contributed by atoms with Crippen molar-refractivity contribution >= 4 is 5.82 Å². The van der Waals surface area contributed by atoms with E-state index in [1.54, 1.807) is 6.20 Å². The molecule has 3 heteroatoms. The van der Waals surface area contributed by atoms with Crippen molar-refractivity contribution in [3.05, 3.63) is 24.4 Å². The Morgan fingerprint density at radius 3 is 2.93 bits per heavy atom. The first-order valence-corrected chi connectivity index (χ1v) is 5.01. The average Bonchev–Trinajstić information content (AvgIpc) is 2.18. The van der Waals surface area contributed by atoms with Gasteiger partial charge in [0.2, 0.25) is 0 Å². The molecule has 14 heavy (non-hydrogen) atoms. The Kier molecular flexibility index (Phi) is 5.00. The first-order valence-electron chi connectivity index (χ1n) is 5.01. The Bertz CT molecular complexity index is 236. The van der Waals surface area contributed by atoms with Gasteiger partial charge >= 0.3 is 0 Å². The van der Waals surface area contributed by atoms with Gasteiger partial charge in [0.1, 0.15) is 5.82 Å². The van der Waals surface area contributed by atoms with Gasteiger partial charge < -0.3 is 10.1 Å². The maximum Gasteiger partial charge on any atom is 0.125 e. The van der Waals surface area contributed by atoms with Crippen LogP contribution < -0.4 is 5.32 Å². The van der Waals surface area contributed by atoms with E-state index in [9.17, 15) is 0 Å². The summed E-state index contributed by atoms with van der Waals surface area (Å²) < 4.78 is 5.43. The zero-order valence-corrected chi connectivity index (χ0v) is 8.86. The summed E-state index contributed by atoms with van der Waals surface area (Å²) in [5, 5.41) is 3.18. The number of nitrogens with zero attached hydrogens (tertiary/aromatic N) is 1. The van der Waals surface area contributed by atoms with E-state index in [1.165, 1.54) is 0 Å². The molecule has 0 bridgehead atoms. The molecule has 0 aromatic carbocycles. The van der Waals surface area contributed by atoms with Crippen LogP contribution in [0.15, 0.2) is 24.4 Å². The predicted octanol–water partition coefficient (Wildman–Crippen LogP) is 2.17. The highest BCUT2D eigenvalue weighted by molar-refractivity contribution is 5.32. The molecule has 0 amide bonds. The molecule has 1 aromatic rings. The number of anilines is 1. The predicted molar refractivity (Wildman–Crippen MR) is 58.4 cm³/mol. The van der Waals surface area contributed by atoms with E-state index < -0.39 is 0 Å². The fourth-order valence-electron chi connectivity index (χ4n) is 1.04. The van der Waals surface area contributed by atoms with Gasteiger partial charge in [0.05, 0.1) is 6.61 Å². The van der Waals surface area contributed by atoms with Gasteiger partial charge in [-0.25, -0.2) is 4.98 Å². The Labute approximate surface area is 85.5 Å². The molecule has 78 valence electrons. The van der Waals surface area contributed by atoms with Gasteiger partial charge in [0, 0.05) is 19.3 Å². The molecule has 3 nitrogen and oxygen atoms in total.